The Labute approximate surface area is 121 Å². The second-order valence-corrected chi connectivity index (χ2v) is 5.12. The van der Waals surface area contributed by atoms with Crippen molar-refractivity contribution >= 4 is 35.0 Å². The molecule has 0 spiro atoms. The lowest BCUT2D eigenvalue weighted by Crippen LogP contribution is -2.31. The maximum atomic E-state index is 11.8. The topological polar surface area (TPSA) is 63.5 Å². The van der Waals surface area contributed by atoms with E-state index >= 15 is 0 Å². The molecule has 0 atom stereocenters. The zero-order chi connectivity index (χ0) is 14.4. The van der Waals surface area contributed by atoms with Gasteiger partial charge in [-0.15, -0.1) is 11.8 Å². The van der Waals surface area contributed by atoms with Crippen molar-refractivity contribution in [2.45, 2.75) is 18.7 Å². The lowest BCUT2D eigenvalue weighted by molar-refractivity contribution is -0.387. The summed E-state index contributed by atoms with van der Waals surface area (Å²) >= 11 is 6.95. The number of amides is 1. The van der Waals surface area contributed by atoms with Gasteiger partial charge in [0.2, 0.25) is 5.91 Å². The summed E-state index contributed by atoms with van der Waals surface area (Å²) in [7, 11) is 0. The van der Waals surface area contributed by atoms with Gasteiger partial charge in [-0.1, -0.05) is 17.7 Å². The molecule has 104 valence electrons. The fourth-order valence-electron chi connectivity index (χ4n) is 1.60. The quantitative estimate of drug-likeness (QED) is 0.460. The SMILES string of the molecule is CCN(CC)C(=O)CSc1cccc(Cl)c1[N+](=O)[O-]. The Kier molecular flexibility index (Phi) is 6.11. The van der Waals surface area contributed by atoms with Crippen LogP contribution in [0.2, 0.25) is 5.02 Å². The number of nitro groups is 1. The highest BCUT2D eigenvalue weighted by Gasteiger charge is 2.20. The van der Waals surface area contributed by atoms with E-state index in [9.17, 15) is 14.9 Å². The summed E-state index contributed by atoms with van der Waals surface area (Å²) in [6.45, 7) is 5.06. The third-order valence-corrected chi connectivity index (χ3v) is 3.94. The van der Waals surface area contributed by atoms with Crippen LogP contribution in [0, 0.1) is 10.1 Å². The van der Waals surface area contributed by atoms with Crippen LogP contribution >= 0.6 is 23.4 Å². The summed E-state index contributed by atoms with van der Waals surface area (Å²) in [4.78, 5) is 24.4. The summed E-state index contributed by atoms with van der Waals surface area (Å²) < 4.78 is 0. The van der Waals surface area contributed by atoms with Crippen LogP contribution in [0.1, 0.15) is 13.8 Å². The van der Waals surface area contributed by atoms with Crippen molar-refractivity contribution in [2.24, 2.45) is 0 Å². The number of nitrogens with zero attached hydrogens (tertiary/aromatic N) is 2. The number of nitro benzene ring substituents is 1. The fourth-order valence-corrected chi connectivity index (χ4v) is 2.85. The summed E-state index contributed by atoms with van der Waals surface area (Å²) in [5, 5.41) is 11.0. The van der Waals surface area contributed by atoms with Gasteiger partial charge in [-0.2, -0.15) is 0 Å². The number of carbonyl (C=O) groups excluding carboxylic acids is 1. The Morgan fingerprint density at radius 2 is 2.05 bits per heavy atom. The van der Waals surface area contributed by atoms with Gasteiger partial charge in [-0.25, -0.2) is 0 Å². The molecule has 0 N–H and O–H groups in total. The van der Waals surface area contributed by atoms with Gasteiger partial charge in [0.15, 0.2) is 0 Å². The Morgan fingerprint density at radius 3 is 2.58 bits per heavy atom. The van der Waals surface area contributed by atoms with Gasteiger partial charge in [0.1, 0.15) is 5.02 Å². The van der Waals surface area contributed by atoms with Gasteiger partial charge in [-0.3, -0.25) is 14.9 Å². The highest BCUT2D eigenvalue weighted by Crippen LogP contribution is 2.35. The van der Waals surface area contributed by atoms with Gasteiger partial charge in [-0.05, 0) is 26.0 Å². The number of rotatable bonds is 6. The zero-order valence-electron chi connectivity index (χ0n) is 10.8. The number of benzene rings is 1. The zero-order valence-corrected chi connectivity index (χ0v) is 12.3. The van der Waals surface area contributed by atoms with Crippen LogP contribution in [0.25, 0.3) is 0 Å². The maximum absolute atomic E-state index is 11.8. The minimum atomic E-state index is -0.521. The number of para-hydroxylation sites is 1. The van der Waals surface area contributed by atoms with Crippen molar-refractivity contribution in [3.8, 4) is 0 Å². The Morgan fingerprint density at radius 1 is 1.42 bits per heavy atom. The molecule has 1 amide bonds. The average molecular weight is 303 g/mol. The van der Waals surface area contributed by atoms with Crippen molar-refractivity contribution < 1.29 is 9.72 Å². The standard InChI is InChI=1S/C12H15ClN2O3S/c1-3-14(4-2)11(16)8-19-10-7-5-6-9(13)12(10)15(17)18/h5-7H,3-4,8H2,1-2H3. The summed E-state index contributed by atoms with van der Waals surface area (Å²) in [5.41, 5.74) is -0.137. The first kappa shape index (κ1) is 15.8. The molecule has 0 bridgehead atoms. The molecule has 5 nitrogen and oxygen atoms in total. The molecule has 0 saturated carbocycles. The van der Waals surface area contributed by atoms with Crippen molar-refractivity contribution in [1.82, 2.24) is 4.90 Å². The summed E-state index contributed by atoms with van der Waals surface area (Å²) in [6.07, 6.45) is 0. The van der Waals surface area contributed by atoms with Crippen LogP contribution in [0.5, 0.6) is 0 Å². The van der Waals surface area contributed by atoms with E-state index in [4.69, 9.17) is 11.6 Å². The predicted octanol–water partition coefficient (Wildman–Crippen LogP) is 3.21. The molecule has 0 radical (unpaired) electrons. The van der Waals surface area contributed by atoms with Crippen LogP contribution in [-0.4, -0.2) is 34.6 Å². The lowest BCUT2D eigenvalue weighted by atomic mass is 10.3. The number of hydrogen-bond donors (Lipinski definition) is 0. The smallest absolute Gasteiger partial charge is 0.301 e. The molecule has 1 rings (SSSR count). The van der Waals surface area contributed by atoms with E-state index < -0.39 is 4.92 Å². The second-order valence-electron chi connectivity index (χ2n) is 3.70. The molecule has 0 saturated heterocycles. The minimum Gasteiger partial charge on any atom is -0.343 e. The molecule has 1 aromatic rings. The monoisotopic (exact) mass is 302 g/mol. The number of halogens is 1. The Balaban J connectivity index is 2.81. The van der Waals surface area contributed by atoms with Crippen molar-refractivity contribution in [3.63, 3.8) is 0 Å². The molecule has 0 aromatic heterocycles. The van der Waals surface area contributed by atoms with Gasteiger partial charge in [0.05, 0.1) is 15.6 Å². The van der Waals surface area contributed by atoms with Crippen molar-refractivity contribution in [1.29, 1.82) is 0 Å². The first-order valence-electron chi connectivity index (χ1n) is 5.84. The highest BCUT2D eigenvalue weighted by molar-refractivity contribution is 8.00. The molecule has 19 heavy (non-hydrogen) atoms. The normalized spacial score (nSPS) is 10.3. The first-order valence-corrected chi connectivity index (χ1v) is 7.21. The van der Waals surface area contributed by atoms with Crippen LogP contribution in [-0.2, 0) is 4.79 Å². The molecule has 7 heteroatoms. The third-order valence-electron chi connectivity index (χ3n) is 2.60. The number of thioether (sulfide) groups is 1. The second kappa shape index (κ2) is 7.35. The molecule has 0 aliphatic rings. The molecule has 0 aliphatic heterocycles. The van der Waals surface area contributed by atoms with E-state index in [1.165, 1.54) is 6.07 Å². The van der Waals surface area contributed by atoms with Crippen molar-refractivity contribution in [2.75, 3.05) is 18.8 Å². The fraction of sp³-hybridized carbons (Fsp3) is 0.417. The summed E-state index contributed by atoms with van der Waals surface area (Å²) in [5.74, 6) is 0.132. The van der Waals surface area contributed by atoms with E-state index in [0.717, 1.165) is 11.8 Å². The molecule has 0 unspecified atom stereocenters. The average Bonchev–Trinajstić information content (AvgIpc) is 2.37. The third kappa shape index (κ3) is 4.11. The van der Waals surface area contributed by atoms with Crippen LogP contribution < -0.4 is 0 Å². The number of hydrogen-bond acceptors (Lipinski definition) is 4. The Bertz CT molecular complexity index is 478. The van der Waals surface area contributed by atoms with Crippen LogP contribution in [0.3, 0.4) is 0 Å². The molecule has 1 aromatic carbocycles. The Hall–Kier alpha value is -1.27. The van der Waals surface area contributed by atoms with Gasteiger partial charge >= 0.3 is 5.69 Å². The van der Waals surface area contributed by atoms with Crippen LogP contribution in [0.15, 0.2) is 23.1 Å². The van der Waals surface area contributed by atoms with Crippen LogP contribution in [0.4, 0.5) is 5.69 Å². The molecular weight excluding hydrogens is 288 g/mol. The lowest BCUT2D eigenvalue weighted by Gasteiger charge is -2.18. The summed E-state index contributed by atoms with van der Waals surface area (Å²) in [6, 6.07) is 4.71. The van der Waals surface area contributed by atoms with Gasteiger partial charge in [0, 0.05) is 13.1 Å². The van der Waals surface area contributed by atoms with E-state index in [2.05, 4.69) is 0 Å². The van der Waals surface area contributed by atoms with E-state index in [1.54, 1.807) is 17.0 Å². The molecule has 0 heterocycles. The highest BCUT2D eigenvalue weighted by atomic mass is 35.5. The largest absolute Gasteiger partial charge is 0.343 e. The molecule has 0 fully saturated rings. The number of carbonyl (C=O) groups is 1. The van der Waals surface area contributed by atoms with Crippen molar-refractivity contribution in [3.05, 3.63) is 33.3 Å². The minimum absolute atomic E-state index is 0.0377. The molecular formula is C12H15ClN2O3S. The van der Waals surface area contributed by atoms with E-state index in [0.29, 0.717) is 18.0 Å². The van der Waals surface area contributed by atoms with Gasteiger partial charge in [0.25, 0.3) is 0 Å². The maximum Gasteiger partial charge on any atom is 0.301 e. The first-order chi connectivity index (χ1) is 9.01. The van der Waals surface area contributed by atoms with E-state index in [-0.39, 0.29) is 22.4 Å². The van der Waals surface area contributed by atoms with E-state index in [1.807, 2.05) is 13.8 Å². The molecule has 0 aliphatic carbocycles. The predicted molar refractivity (Wildman–Crippen MR) is 76.8 cm³/mol. The van der Waals surface area contributed by atoms with Gasteiger partial charge < -0.3 is 4.90 Å².